The molecule has 1 heteroatoms. The van der Waals surface area contributed by atoms with Crippen molar-refractivity contribution in [2.75, 3.05) is 0 Å². The van der Waals surface area contributed by atoms with Crippen LogP contribution < -0.4 is 0 Å². The first kappa shape index (κ1) is 8.06. The Bertz CT molecular complexity index is 84.7. The molecule has 1 aliphatic rings. The molecule has 1 nitrogen and oxygen atoms in total. The largest absolute Gasteiger partial charge is 0.393 e. The Kier molecular flexibility index (Phi) is 3.20. The van der Waals surface area contributed by atoms with Gasteiger partial charge in [0.15, 0.2) is 0 Å². The molecule has 0 aliphatic heterocycles. The molecule has 1 N–H and O–H groups in total. The zero-order valence-electron chi connectivity index (χ0n) is 6.84. The molecule has 0 aromatic heterocycles. The Morgan fingerprint density at radius 2 is 1.90 bits per heavy atom. The minimum absolute atomic E-state index is 0.0136. The average Bonchev–Trinajstić information content (AvgIpc) is 2.05. The number of aliphatic hydroxyl groups excluding tert-OH is 1. The van der Waals surface area contributed by atoms with Gasteiger partial charge in [-0.2, -0.15) is 0 Å². The van der Waals surface area contributed by atoms with E-state index < -0.39 is 0 Å². The number of hydrogen-bond acceptors (Lipinski definition) is 1. The molecule has 0 amide bonds. The third kappa shape index (κ3) is 1.98. The van der Waals surface area contributed by atoms with Gasteiger partial charge >= 0.3 is 0 Å². The normalized spacial score (nSPS) is 24.6. The second-order valence-corrected chi connectivity index (χ2v) is 3.37. The van der Waals surface area contributed by atoms with Crippen molar-refractivity contribution < 1.29 is 5.11 Å². The van der Waals surface area contributed by atoms with Crippen LogP contribution in [-0.4, -0.2) is 11.2 Å². The van der Waals surface area contributed by atoms with Crippen molar-refractivity contribution in [3.05, 3.63) is 0 Å². The first-order chi connectivity index (χ1) is 4.84. The predicted octanol–water partition coefficient (Wildman–Crippen LogP) is 2.34. The molecule has 1 aliphatic carbocycles. The Morgan fingerprint density at radius 3 is 2.40 bits per heavy atom. The minimum Gasteiger partial charge on any atom is -0.393 e. The van der Waals surface area contributed by atoms with Gasteiger partial charge in [0.05, 0.1) is 6.10 Å². The molecule has 60 valence electrons. The van der Waals surface area contributed by atoms with Gasteiger partial charge in [-0.15, -0.1) is 0 Å². The molecule has 0 spiro atoms. The standard InChI is InChI=1S/C9H18O/c1-2-9(10)8-6-4-3-5-7-8/h8-10H,2-7H2,1H3/t9-/m0/s1. The zero-order chi connectivity index (χ0) is 7.40. The van der Waals surface area contributed by atoms with Crippen LogP contribution in [0.3, 0.4) is 0 Å². The highest BCUT2D eigenvalue weighted by atomic mass is 16.3. The van der Waals surface area contributed by atoms with Gasteiger partial charge in [0.1, 0.15) is 0 Å². The monoisotopic (exact) mass is 142 g/mol. The first-order valence-electron chi connectivity index (χ1n) is 4.52. The third-order valence-electron chi connectivity index (χ3n) is 2.61. The summed E-state index contributed by atoms with van der Waals surface area (Å²) in [5.74, 6) is 0.624. The molecule has 1 rings (SSSR count). The van der Waals surface area contributed by atoms with E-state index in [1.807, 2.05) is 0 Å². The molecule has 0 bridgehead atoms. The third-order valence-corrected chi connectivity index (χ3v) is 2.61. The lowest BCUT2D eigenvalue weighted by atomic mass is 9.84. The smallest absolute Gasteiger partial charge is 0.0565 e. The number of aliphatic hydroxyl groups is 1. The van der Waals surface area contributed by atoms with Gasteiger partial charge in [-0.3, -0.25) is 0 Å². The van der Waals surface area contributed by atoms with Crippen LogP contribution in [0.2, 0.25) is 0 Å². The van der Waals surface area contributed by atoms with E-state index >= 15 is 0 Å². The summed E-state index contributed by atoms with van der Waals surface area (Å²) in [6.45, 7) is 2.07. The van der Waals surface area contributed by atoms with Crippen molar-refractivity contribution in [3.8, 4) is 0 Å². The Morgan fingerprint density at radius 1 is 1.30 bits per heavy atom. The van der Waals surface area contributed by atoms with E-state index in [1.54, 1.807) is 0 Å². The van der Waals surface area contributed by atoms with Crippen LogP contribution in [0.25, 0.3) is 0 Å². The quantitative estimate of drug-likeness (QED) is 0.627. The summed E-state index contributed by atoms with van der Waals surface area (Å²) < 4.78 is 0. The summed E-state index contributed by atoms with van der Waals surface area (Å²) >= 11 is 0. The highest BCUT2D eigenvalue weighted by Gasteiger charge is 2.19. The van der Waals surface area contributed by atoms with Crippen LogP contribution >= 0.6 is 0 Å². The lowest BCUT2D eigenvalue weighted by Gasteiger charge is -2.25. The first-order valence-corrected chi connectivity index (χ1v) is 4.52. The molecule has 1 fully saturated rings. The highest BCUT2D eigenvalue weighted by molar-refractivity contribution is 4.71. The van der Waals surface area contributed by atoms with Gasteiger partial charge in [0, 0.05) is 0 Å². The lowest BCUT2D eigenvalue weighted by molar-refractivity contribution is 0.0816. The molecule has 10 heavy (non-hydrogen) atoms. The van der Waals surface area contributed by atoms with E-state index in [0.717, 1.165) is 6.42 Å². The summed E-state index contributed by atoms with van der Waals surface area (Å²) in [5.41, 5.74) is 0. The predicted molar refractivity (Wildman–Crippen MR) is 42.9 cm³/mol. The molecule has 0 unspecified atom stereocenters. The van der Waals surface area contributed by atoms with Crippen molar-refractivity contribution in [1.29, 1.82) is 0 Å². The van der Waals surface area contributed by atoms with Crippen molar-refractivity contribution in [2.24, 2.45) is 5.92 Å². The van der Waals surface area contributed by atoms with E-state index in [0.29, 0.717) is 5.92 Å². The Balaban J connectivity index is 2.24. The van der Waals surface area contributed by atoms with Crippen LogP contribution in [0.4, 0.5) is 0 Å². The maximum atomic E-state index is 9.48. The van der Waals surface area contributed by atoms with Crippen molar-refractivity contribution in [2.45, 2.75) is 51.6 Å². The van der Waals surface area contributed by atoms with Crippen LogP contribution in [0, 0.1) is 5.92 Å². The Labute approximate surface area is 63.4 Å². The second kappa shape index (κ2) is 3.97. The lowest BCUT2D eigenvalue weighted by Crippen LogP contribution is -2.21. The van der Waals surface area contributed by atoms with Gasteiger partial charge in [0.2, 0.25) is 0 Å². The molecule has 1 atom stereocenters. The fourth-order valence-corrected chi connectivity index (χ4v) is 1.85. The molecule has 0 heterocycles. The summed E-state index contributed by atoms with van der Waals surface area (Å²) in [6.07, 6.45) is 7.49. The molecule has 0 saturated heterocycles. The summed E-state index contributed by atoms with van der Waals surface area (Å²) in [4.78, 5) is 0. The fourth-order valence-electron chi connectivity index (χ4n) is 1.85. The van der Waals surface area contributed by atoms with E-state index in [4.69, 9.17) is 0 Å². The summed E-state index contributed by atoms with van der Waals surface area (Å²) in [5, 5.41) is 9.48. The molecular weight excluding hydrogens is 124 g/mol. The van der Waals surface area contributed by atoms with Crippen LogP contribution in [0.1, 0.15) is 45.4 Å². The number of hydrogen-bond donors (Lipinski definition) is 1. The second-order valence-electron chi connectivity index (χ2n) is 3.37. The van der Waals surface area contributed by atoms with Gasteiger partial charge in [-0.1, -0.05) is 26.2 Å². The molecule has 1 saturated carbocycles. The van der Waals surface area contributed by atoms with Crippen molar-refractivity contribution in [1.82, 2.24) is 0 Å². The van der Waals surface area contributed by atoms with Gasteiger partial charge < -0.3 is 5.11 Å². The van der Waals surface area contributed by atoms with Gasteiger partial charge in [-0.05, 0) is 25.2 Å². The maximum Gasteiger partial charge on any atom is 0.0565 e. The number of rotatable bonds is 2. The van der Waals surface area contributed by atoms with Crippen molar-refractivity contribution >= 4 is 0 Å². The van der Waals surface area contributed by atoms with Crippen LogP contribution in [0.15, 0.2) is 0 Å². The van der Waals surface area contributed by atoms with Gasteiger partial charge in [-0.25, -0.2) is 0 Å². The van der Waals surface area contributed by atoms with E-state index in [-0.39, 0.29) is 6.10 Å². The average molecular weight is 142 g/mol. The van der Waals surface area contributed by atoms with Gasteiger partial charge in [0.25, 0.3) is 0 Å². The van der Waals surface area contributed by atoms with E-state index in [2.05, 4.69) is 6.92 Å². The fraction of sp³-hybridized carbons (Fsp3) is 1.00. The van der Waals surface area contributed by atoms with Crippen LogP contribution in [-0.2, 0) is 0 Å². The molecule has 0 aromatic carbocycles. The molecule has 0 radical (unpaired) electrons. The minimum atomic E-state index is -0.0136. The van der Waals surface area contributed by atoms with Crippen molar-refractivity contribution in [3.63, 3.8) is 0 Å². The SMILES string of the molecule is CC[C@H](O)C1CCCCC1. The van der Waals surface area contributed by atoms with Crippen LogP contribution in [0.5, 0.6) is 0 Å². The van der Waals surface area contributed by atoms with E-state index in [9.17, 15) is 5.11 Å². The van der Waals surface area contributed by atoms with E-state index in [1.165, 1.54) is 32.1 Å². The molecular formula is C9H18O. The highest BCUT2D eigenvalue weighted by Crippen LogP contribution is 2.27. The maximum absolute atomic E-state index is 9.48. The summed E-state index contributed by atoms with van der Waals surface area (Å²) in [7, 11) is 0. The summed E-state index contributed by atoms with van der Waals surface area (Å²) in [6, 6.07) is 0. The zero-order valence-corrected chi connectivity index (χ0v) is 6.84. The molecule has 0 aromatic rings. The topological polar surface area (TPSA) is 20.2 Å². The Hall–Kier alpha value is -0.0400.